The summed E-state index contributed by atoms with van der Waals surface area (Å²) in [5.74, 6) is -3.10. The Morgan fingerprint density at radius 2 is 1.37 bits per heavy atom. The van der Waals surface area contributed by atoms with Gasteiger partial charge in [0.05, 0.1) is 26.7 Å². The number of amides is 2. The van der Waals surface area contributed by atoms with E-state index in [2.05, 4.69) is 0 Å². The van der Waals surface area contributed by atoms with Crippen molar-refractivity contribution >= 4 is 52.7 Å². The van der Waals surface area contributed by atoms with E-state index in [1.807, 2.05) is 0 Å². The molecule has 8 nitrogen and oxygen atoms in total. The largest absolute Gasteiger partial charge is 0.456 e. The third-order valence-electron chi connectivity index (χ3n) is 5.07. The standard InChI is InChI=1S/C25H15Cl2NO7/c26-19-10-7-15(11-20(19)27)25(33)35-16-8-5-14(6-9-16)21(29)13-34-22(30)12-28-23(31)17-3-1-2-4-18(17)24(28)32/h1-11H,12-13H2. The molecule has 0 saturated carbocycles. The van der Waals surface area contributed by atoms with E-state index in [0.717, 1.165) is 4.90 Å². The van der Waals surface area contributed by atoms with E-state index in [0.29, 0.717) is 5.02 Å². The third kappa shape index (κ3) is 5.24. The van der Waals surface area contributed by atoms with Crippen molar-refractivity contribution in [2.24, 2.45) is 0 Å². The molecule has 10 heteroatoms. The summed E-state index contributed by atoms with van der Waals surface area (Å²) in [7, 11) is 0. The molecule has 3 aromatic rings. The summed E-state index contributed by atoms with van der Waals surface area (Å²) in [6.07, 6.45) is 0. The fraction of sp³-hybridized carbons (Fsp3) is 0.0800. The molecule has 0 atom stereocenters. The monoisotopic (exact) mass is 511 g/mol. The van der Waals surface area contributed by atoms with Crippen molar-refractivity contribution in [3.63, 3.8) is 0 Å². The Kier molecular flexibility index (Phi) is 6.95. The second-order valence-electron chi connectivity index (χ2n) is 7.37. The van der Waals surface area contributed by atoms with Gasteiger partial charge in [-0.05, 0) is 54.6 Å². The van der Waals surface area contributed by atoms with E-state index < -0.39 is 42.7 Å². The number of carbonyl (C=O) groups excluding carboxylic acids is 5. The van der Waals surface area contributed by atoms with Crippen LogP contribution in [-0.2, 0) is 9.53 Å². The molecule has 176 valence electrons. The molecule has 3 aromatic carbocycles. The SMILES string of the molecule is O=C(CN1C(=O)c2ccccc2C1=O)OCC(=O)c1ccc(OC(=O)c2ccc(Cl)c(Cl)c2)cc1. The van der Waals surface area contributed by atoms with Gasteiger partial charge in [-0.3, -0.25) is 24.1 Å². The molecular weight excluding hydrogens is 497 g/mol. The molecular formula is C25H15Cl2NO7. The Morgan fingerprint density at radius 3 is 1.97 bits per heavy atom. The molecule has 1 aliphatic heterocycles. The van der Waals surface area contributed by atoms with Crippen molar-refractivity contribution in [3.05, 3.63) is 99.0 Å². The van der Waals surface area contributed by atoms with Crippen molar-refractivity contribution in [1.29, 1.82) is 0 Å². The minimum Gasteiger partial charge on any atom is -0.456 e. The summed E-state index contributed by atoms with van der Waals surface area (Å²) < 4.78 is 10.2. The lowest BCUT2D eigenvalue weighted by Gasteiger charge is -2.12. The summed E-state index contributed by atoms with van der Waals surface area (Å²) >= 11 is 11.7. The van der Waals surface area contributed by atoms with Crippen LogP contribution in [0.2, 0.25) is 10.0 Å². The molecule has 1 heterocycles. The normalized spacial score (nSPS) is 12.3. The van der Waals surface area contributed by atoms with E-state index in [9.17, 15) is 24.0 Å². The maximum atomic E-state index is 12.4. The number of fused-ring (bicyclic) bond motifs is 1. The second-order valence-corrected chi connectivity index (χ2v) is 8.18. The van der Waals surface area contributed by atoms with Crippen LogP contribution < -0.4 is 4.74 Å². The van der Waals surface area contributed by atoms with E-state index in [-0.39, 0.29) is 33.0 Å². The molecule has 0 saturated heterocycles. The lowest BCUT2D eigenvalue weighted by molar-refractivity contribution is -0.142. The van der Waals surface area contributed by atoms with Crippen LogP contribution in [0.3, 0.4) is 0 Å². The molecule has 0 radical (unpaired) electrons. The summed E-state index contributed by atoms with van der Waals surface area (Å²) in [6, 6.07) is 16.1. The smallest absolute Gasteiger partial charge is 0.343 e. The van der Waals surface area contributed by atoms with Crippen molar-refractivity contribution < 1.29 is 33.4 Å². The molecule has 1 aliphatic rings. The zero-order chi connectivity index (χ0) is 25.1. The average Bonchev–Trinajstić information content (AvgIpc) is 3.09. The molecule has 0 bridgehead atoms. The van der Waals surface area contributed by atoms with Crippen LogP contribution >= 0.6 is 23.2 Å². The Bertz CT molecular complexity index is 1330. The number of imide groups is 1. The lowest BCUT2D eigenvalue weighted by atomic mass is 10.1. The van der Waals surface area contributed by atoms with E-state index in [1.165, 1.54) is 54.6 Å². The predicted molar refractivity (Wildman–Crippen MR) is 125 cm³/mol. The molecule has 0 aliphatic carbocycles. The maximum Gasteiger partial charge on any atom is 0.343 e. The van der Waals surface area contributed by atoms with Gasteiger partial charge in [-0.1, -0.05) is 35.3 Å². The van der Waals surface area contributed by atoms with Gasteiger partial charge in [-0.2, -0.15) is 0 Å². The predicted octanol–water partition coefficient (Wildman–Crippen LogP) is 4.23. The van der Waals surface area contributed by atoms with E-state index >= 15 is 0 Å². The fourth-order valence-electron chi connectivity index (χ4n) is 3.28. The Labute approximate surface area is 208 Å². The van der Waals surface area contributed by atoms with E-state index in [4.69, 9.17) is 32.7 Å². The van der Waals surface area contributed by atoms with Crippen molar-refractivity contribution in [2.45, 2.75) is 0 Å². The van der Waals surface area contributed by atoms with Gasteiger partial charge in [0.15, 0.2) is 12.4 Å². The van der Waals surface area contributed by atoms with Gasteiger partial charge in [0.2, 0.25) is 0 Å². The third-order valence-corrected chi connectivity index (χ3v) is 5.81. The number of esters is 2. The number of nitrogens with zero attached hydrogens (tertiary/aromatic N) is 1. The van der Waals surface area contributed by atoms with Crippen LogP contribution in [0, 0.1) is 0 Å². The van der Waals surface area contributed by atoms with Gasteiger partial charge in [-0.25, -0.2) is 4.79 Å². The highest BCUT2D eigenvalue weighted by Gasteiger charge is 2.36. The molecule has 35 heavy (non-hydrogen) atoms. The molecule has 0 N–H and O–H groups in total. The number of halogens is 2. The van der Waals surface area contributed by atoms with Gasteiger partial charge >= 0.3 is 11.9 Å². The minimum absolute atomic E-state index is 0.181. The second kappa shape index (κ2) is 10.1. The first kappa shape index (κ1) is 24.1. The quantitative estimate of drug-likeness (QED) is 0.202. The Balaban J connectivity index is 1.30. The number of ketones is 1. The fourth-order valence-corrected chi connectivity index (χ4v) is 3.58. The number of hydrogen-bond donors (Lipinski definition) is 0. The molecule has 2 amide bonds. The highest BCUT2D eigenvalue weighted by molar-refractivity contribution is 6.42. The number of carbonyl (C=O) groups is 5. The molecule has 0 fully saturated rings. The van der Waals surface area contributed by atoms with Crippen molar-refractivity contribution in [3.8, 4) is 5.75 Å². The number of hydrogen-bond acceptors (Lipinski definition) is 7. The summed E-state index contributed by atoms with van der Waals surface area (Å²) in [5.41, 5.74) is 0.819. The van der Waals surface area contributed by atoms with E-state index in [1.54, 1.807) is 12.1 Å². The Hall–Kier alpha value is -4.01. The number of ether oxygens (including phenoxy) is 2. The summed E-state index contributed by atoms with van der Waals surface area (Å²) in [5, 5.41) is 0.509. The van der Waals surface area contributed by atoms with Crippen LogP contribution in [0.25, 0.3) is 0 Å². The molecule has 0 spiro atoms. The highest BCUT2D eigenvalue weighted by Crippen LogP contribution is 2.24. The van der Waals surface area contributed by atoms with Crippen LogP contribution in [0.4, 0.5) is 0 Å². The first-order chi connectivity index (χ1) is 16.7. The average molecular weight is 512 g/mol. The van der Waals surface area contributed by atoms with Gasteiger partial charge in [0.1, 0.15) is 12.3 Å². The highest BCUT2D eigenvalue weighted by atomic mass is 35.5. The van der Waals surface area contributed by atoms with Crippen molar-refractivity contribution in [2.75, 3.05) is 13.2 Å². The zero-order valence-corrected chi connectivity index (χ0v) is 19.3. The topological polar surface area (TPSA) is 107 Å². The molecule has 4 rings (SSSR count). The van der Waals surface area contributed by atoms with Crippen LogP contribution in [0.1, 0.15) is 41.4 Å². The van der Waals surface area contributed by atoms with Gasteiger partial charge in [0.25, 0.3) is 11.8 Å². The zero-order valence-electron chi connectivity index (χ0n) is 17.8. The summed E-state index contributed by atoms with van der Waals surface area (Å²) in [6.45, 7) is -1.20. The number of Topliss-reactive ketones (excluding diaryl/α,β-unsaturated/α-hetero) is 1. The van der Waals surface area contributed by atoms with Crippen LogP contribution in [0.15, 0.2) is 66.7 Å². The van der Waals surface area contributed by atoms with Gasteiger partial charge in [-0.15, -0.1) is 0 Å². The van der Waals surface area contributed by atoms with Crippen LogP contribution in [0.5, 0.6) is 5.75 Å². The Morgan fingerprint density at radius 1 is 0.771 bits per heavy atom. The number of benzene rings is 3. The number of rotatable bonds is 7. The summed E-state index contributed by atoms with van der Waals surface area (Å²) in [4.78, 5) is 62.1. The van der Waals surface area contributed by atoms with Gasteiger partial charge < -0.3 is 9.47 Å². The minimum atomic E-state index is -0.903. The first-order valence-corrected chi connectivity index (χ1v) is 10.9. The molecule has 0 unspecified atom stereocenters. The maximum absolute atomic E-state index is 12.4. The van der Waals surface area contributed by atoms with Gasteiger partial charge in [0, 0.05) is 5.56 Å². The van der Waals surface area contributed by atoms with Crippen molar-refractivity contribution in [1.82, 2.24) is 4.90 Å². The van der Waals surface area contributed by atoms with Crippen LogP contribution in [-0.4, -0.2) is 47.6 Å². The first-order valence-electron chi connectivity index (χ1n) is 10.2. The molecule has 0 aromatic heterocycles. The lowest BCUT2D eigenvalue weighted by Crippen LogP contribution is -2.36.